The van der Waals surface area contributed by atoms with Gasteiger partial charge in [-0.05, 0) is 92.8 Å². The molecule has 4 aliphatic carbocycles. The molecular formula is C32H59AlN8O3P+. The molecule has 9 aliphatic rings. The molecule has 0 radical (unpaired) electrons. The average molecular weight is 662 g/mol. The van der Waals surface area contributed by atoms with Gasteiger partial charge in [0.1, 0.15) is 6.10 Å². The highest BCUT2D eigenvalue weighted by molar-refractivity contribution is 7.32. The Kier molecular flexibility index (Phi) is 9.74. The van der Waals surface area contributed by atoms with Gasteiger partial charge in [-0.25, -0.2) is 0 Å². The third kappa shape index (κ3) is 5.94. The summed E-state index contributed by atoms with van der Waals surface area (Å²) in [7, 11) is -2.63. The quantitative estimate of drug-likeness (QED) is 0.155. The molecule has 5 aliphatic heterocycles. The van der Waals surface area contributed by atoms with Crippen LogP contribution in [0.5, 0.6) is 0 Å². The van der Waals surface area contributed by atoms with Gasteiger partial charge in [-0.2, -0.15) is 0 Å². The monoisotopic (exact) mass is 661 g/mol. The number of nitrogens with one attached hydrogen (secondary N) is 8. The number of rotatable bonds is 2. The van der Waals surface area contributed by atoms with E-state index in [2.05, 4.69) is 42.5 Å². The molecule has 5 saturated heterocycles. The average Bonchev–Trinajstić information content (AvgIpc) is 3.77. The summed E-state index contributed by atoms with van der Waals surface area (Å²) in [4.78, 5) is 9.85. The summed E-state index contributed by atoms with van der Waals surface area (Å²) in [6, 6.07) is 0. The van der Waals surface area contributed by atoms with E-state index in [9.17, 15) is 9.46 Å². The van der Waals surface area contributed by atoms with Crippen LogP contribution in [-0.2, 0) is 9.09 Å². The van der Waals surface area contributed by atoms with Crippen molar-refractivity contribution in [2.24, 2.45) is 47.3 Å². The van der Waals surface area contributed by atoms with Gasteiger partial charge in [0.05, 0.1) is 49.3 Å². The Hall–Kier alpha value is 0.232. The van der Waals surface area contributed by atoms with Crippen molar-refractivity contribution in [3.8, 4) is 0 Å². The Balaban J connectivity index is 0.00000300. The van der Waals surface area contributed by atoms with E-state index in [1.165, 1.54) is 77.0 Å². The normalized spacial score (nSPS) is 54.2. The first-order chi connectivity index (χ1) is 21.6. The van der Waals surface area contributed by atoms with Gasteiger partial charge in [-0.1, -0.05) is 44.9 Å². The molecule has 9 N–H and O–H groups in total. The fraction of sp³-hybridized carbons (Fsp3) is 1.00. The van der Waals surface area contributed by atoms with Crippen molar-refractivity contribution in [1.82, 2.24) is 42.5 Å². The zero-order valence-electron chi connectivity index (χ0n) is 26.1. The van der Waals surface area contributed by atoms with Crippen molar-refractivity contribution in [1.29, 1.82) is 0 Å². The predicted octanol–water partition coefficient (Wildman–Crippen LogP) is 1.07. The summed E-state index contributed by atoms with van der Waals surface area (Å²) in [5.41, 5.74) is 0. The van der Waals surface area contributed by atoms with Crippen molar-refractivity contribution in [2.75, 3.05) is 0 Å². The predicted molar refractivity (Wildman–Crippen MR) is 177 cm³/mol. The highest BCUT2D eigenvalue weighted by atomic mass is 31.1. The molecule has 0 aromatic rings. The van der Waals surface area contributed by atoms with Crippen molar-refractivity contribution >= 4 is 25.6 Å². The largest absolute Gasteiger partial charge is 0.695 e. The van der Waals surface area contributed by atoms with Crippen LogP contribution in [0.4, 0.5) is 0 Å². The third-order valence-corrected chi connectivity index (χ3v) is 14.5. The fourth-order valence-corrected chi connectivity index (χ4v) is 12.7. The van der Waals surface area contributed by atoms with Crippen LogP contribution >= 0.6 is 8.25 Å². The minimum atomic E-state index is -2.63. The summed E-state index contributed by atoms with van der Waals surface area (Å²) >= 11 is 0. The lowest BCUT2D eigenvalue weighted by atomic mass is 9.75. The zero-order chi connectivity index (χ0) is 29.4. The Bertz CT molecular complexity index is 1080. The standard InChI is InChI=1S/C32H55N8O3P.Al.3H/c41-44(42)43-23-15-7-14-22-24(23)32-39-30-21-13-6-5-12-20(21)28(37-30)35-26-17-9-2-1-8-16(17)25(33-26)34-27-18-10-3-4-11-19(18)29(36-27)38-31(22)40-32;;;;/h16-40H,1-15H2;;;;/p+1. The molecule has 0 spiro atoms. The van der Waals surface area contributed by atoms with Crippen LogP contribution in [0, 0.1) is 47.3 Å². The SMILES string of the molecule is O=[P+](O)OC1CCCC2C3NC4NC(NC5NC(NC6NC(NC(N3)C12)C1CCCCC61)C1CCCCC51)C1CCCCC41.[AlH3]. The molecule has 9 fully saturated rings. The smallest absolute Gasteiger partial charge is 0.286 e. The lowest BCUT2D eigenvalue weighted by Crippen LogP contribution is -2.62. The molecular weight excluding hydrogens is 602 g/mol. The van der Waals surface area contributed by atoms with E-state index in [-0.39, 0.29) is 60.2 Å². The molecule has 18 atom stereocenters. The summed E-state index contributed by atoms with van der Waals surface area (Å²) in [5.74, 6) is 4.31. The summed E-state index contributed by atoms with van der Waals surface area (Å²) < 4.78 is 17.8. The highest BCUT2D eigenvalue weighted by Gasteiger charge is 2.56. The number of hydrogen-bond donors (Lipinski definition) is 9. The minimum Gasteiger partial charge on any atom is -0.286 e. The molecule has 5 heterocycles. The van der Waals surface area contributed by atoms with Crippen LogP contribution in [0.25, 0.3) is 0 Å². The maximum absolute atomic E-state index is 12.0. The van der Waals surface area contributed by atoms with Gasteiger partial charge < -0.3 is 0 Å². The third-order valence-electron chi connectivity index (χ3n) is 14.1. The number of fused-ring (bicyclic) bond motifs is 20. The summed E-state index contributed by atoms with van der Waals surface area (Å²) in [6.45, 7) is 0. The van der Waals surface area contributed by atoms with Gasteiger partial charge in [-0.15, -0.1) is 9.42 Å². The molecule has 18 unspecified atom stereocenters. The van der Waals surface area contributed by atoms with Crippen LogP contribution < -0.4 is 42.5 Å². The zero-order valence-corrected chi connectivity index (χ0v) is 27.0. The van der Waals surface area contributed by atoms with Crippen LogP contribution in [0.2, 0.25) is 0 Å². The van der Waals surface area contributed by atoms with Crippen molar-refractivity contribution in [2.45, 2.75) is 152 Å². The van der Waals surface area contributed by atoms with E-state index in [1.54, 1.807) is 0 Å². The van der Waals surface area contributed by atoms with Gasteiger partial charge in [-0.3, -0.25) is 42.5 Å². The second-order valence-electron chi connectivity index (χ2n) is 16.0. The van der Waals surface area contributed by atoms with Crippen LogP contribution in [-0.4, -0.2) is 77.7 Å². The Morgan fingerprint density at radius 2 is 0.711 bits per heavy atom. The van der Waals surface area contributed by atoms with E-state index in [4.69, 9.17) is 4.52 Å². The molecule has 11 nitrogen and oxygen atoms in total. The first-order valence-electron chi connectivity index (χ1n) is 18.5. The van der Waals surface area contributed by atoms with E-state index in [0.29, 0.717) is 59.9 Å². The second kappa shape index (κ2) is 13.5. The molecule has 9 rings (SSSR count). The van der Waals surface area contributed by atoms with Gasteiger partial charge >= 0.3 is 8.25 Å². The second-order valence-corrected chi connectivity index (χ2v) is 16.7. The maximum Gasteiger partial charge on any atom is 0.695 e. The Morgan fingerprint density at radius 3 is 1.04 bits per heavy atom. The van der Waals surface area contributed by atoms with Crippen LogP contribution in [0.15, 0.2) is 0 Å². The highest BCUT2D eigenvalue weighted by Crippen LogP contribution is 2.47. The molecule has 4 saturated carbocycles. The van der Waals surface area contributed by atoms with E-state index >= 15 is 0 Å². The van der Waals surface area contributed by atoms with Gasteiger partial charge in [0.25, 0.3) is 0 Å². The summed E-state index contributed by atoms with van der Waals surface area (Å²) in [5, 5.41) is 33.0. The first-order valence-corrected chi connectivity index (χ1v) is 19.6. The van der Waals surface area contributed by atoms with Crippen molar-refractivity contribution < 1.29 is 14.0 Å². The minimum absolute atomic E-state index is 0. The van der Waals surface area contributed by atoms with Crippen LogP contribution in [0.3, 0.4) is 0 Å². The summed E-state index contributed by atoms with van der Waals surface area (Å²) in [6.07, 6.45) is 20.4. The van der Waals surface area contributed by atoms with E-state index in [1.807, 2.05) is 0 Å². The van der Waals surface area contributed by atoms with E-state index < -0.39 is 8.25 Å². The van der Waals surface area contributed by atoms with Crippen LogP contribution in [0.1, 0.15) is 96.3 Å². The van der Waals surface area contributed by atoms with Gasteiger partial charge in [0.15, 0.2) is 17.4 Å². The van der Waals surface area contributed by atoms with Crippen molar-refractivity contribution in [3.63, 3.8) is 0 Å². The van der Waals surface area contributed by atoms with Gasteiger partial charge in [0.2, 0.25) is 0 Å². The van der Waals surface area contributed by atoms with Gasteiger partial charge in [0, 0.05) is 10.5 Å². The maximum atomic E-state index is 12.0. The lowest BCUT2D eigenvalue weighted by molar-refractivity contribution is 0.0404. The topological polar surface area (TPSA) is 143 Å². The number of hydrogen-bond acceptors (Lipinski definition) is 10. The van der Waals surface area contributed by atoms with E-state index in [0.717, 1.165) is 19.3 Å². The molecule has 0 aromatic carbocycles. The Morgan fingerprint density at radius 1 is 0.422 bits per heavy atom. The molecule has 13 heteroatoms. The fourth-order valence-electron chi connectivity index (χ4n) is 12.2. The molecule has 0 aromatic heterocycles. The molecule has 45 heavy (non-hydrogen) atoms. The molecule has 0 amide bonds. The first kappa shape index (κ1) is 32.4. The molecule has 252 valence electrons. The lowest BCUT2D eigenvalue weighted by Gasteiger charge is -2.37. The molecule has 8 bridgehead atoms. The van der Waals surface area contributed by atoms with Crippen molar-refractivity contribution in [3.05, 3.63) is 0 Å². The Labute approximate surface area is 280 Å².